The summed E-state index contributed by atoms with van der Waals surface area (Å²) in [5.41, 5.74) is 2.53. The fourth-order valence-electron chi connectivity index (χ4n) is 2.67. The summed E-state index contributed by atoms with van der Waals surface area (Å²) in [6.45, 7) is 2.66. The molecule has 6 heteroatoms. The Morgan fingerprint density at radius 1 is 1.42 bits per heavy atom. The van der Waals surface area contributed by atoms with Crippen molar-refractivity contribution in [3.05, 3.63) is 29.4 Å². The lowest BCUT2D eigenvalue weighted by Crippen LogP contribution is -2.31. The predicted molar refractivity (Wildman–Crippen MR) is 67.3 cm³/mol. The molecule has 2 aromatic rings. The summed E-state index contributed by atoms with van der Waals surface area (Å²) in [4.78, 5) is 11.3. The highest BCUT2D eigenvalue weighted by Crippen LogP contribution is 2.38. The molecule has 2 aliphatic rings. The molecule has 0 aromatic carbocycles. The van der Waals surface area contributed by atoms with Crippen LogP contribution in [0.5, 0.6) is 0 Å². The fourth-order valence-corrected chi connectivity index (χ4v) is 2.67. The summed E-state index contributed by atoms with van der Waals surface area (Å²) in [5.74, 6) is 2.16. The maximum atomic E-state index is 5.30. The Labute approximate surface area is 111 Å². The Morgan fingerprint density at radius 2 is 2.32 bits per heavy atom. The van der Waals surface area contributed by atoms with Crippen molar-refractivity contribution in [3.63, 3.8) is 0 Å². The summed E-state index contributed by atoms with van der Waals surface area (Å²) in [6, 6.07) is 0. The number of aromatic nitrogens is 4. The second-order valence-electron chi connectivity index (χ2n) is 5.53. The third-order valence-electron chi connectivity index (χ3n) is 3.96. The number of fused-ring (bicyclic) bond motifs is 1. The molecule has 3 heterocycles. The highest BCUT2D eigenvalue weighted by atomic mass is 16.5. The van der Waals surface area contributed by atoms with Gasteiger partial charge in [-0.15, -0.1) is 0 Å². The molecule has 4 rings (SSSR count). The van der Waals surface area contributed by atoms with Crippen molar-refractivity contribution in [2.45, 2.75) is 38.3 Å². The molecule has 0 saturated heterocycles. The van der Waals surface area contributed by atoms with Gasteiger partial charge in [-0.25, -0.2) is 4.98 Å². The smallest absolute Gasteiger partial charge is 0.229 e. The van der Waals surface area contributed by atoms with Crippen molar-refractivity contribution in [1.82, 2.24) is 24.6 Å². The van der Waals surface area contributed by atoms with E-state index >= 15 is 0 Å². The molecule has 1 fully saturated rings. The molecular formula is C13H17N5O. The van der Waals surface area contributed by atoms with Crippen molar-refractivity contribution >= 4 is 0 Å². The first-order chi connectivity index (χ1) is 9.29. The molecule has 19 heavy (non-hydrogen) atoms. The summed E-state index contributed by atoms with van der Waals surface area (Å²) in [6.07, 6.45) is 5.33. The first-order valence-electron chi connectivity index (χ1n) is 6.83. The number of rotatable bonds is 3. The van der Waals surface area contributed by atoms with Crippen molar-refractivity contribution < 1.29 is 4.52 Å². The summed E-state index contributed by atoms with van der Waals surface area (Å²) < 4.78 is 7.41. The van der Waals surface area contributed by atoms with Crippen LogP contribution in [0.3, 0.4) is 0 Å². The normalized spacial score (nSPS) is 19.6. The van der Waals surface area contributed by atoms with Crippen LogP contribution in [0, 0.1) is 0 Å². The second-order valence-corrected chi connectivity index (χ2v) is 5.53. The molecule has 0 spiro atoms. The Hall–Kier alpha value is -1.69. The largest absolute Gasteiger partial charge is 0.339 e. The van der Waals surface area contributed by atoms with Crippen LogP contribution in [0.25, 0.3) is 0 Å². The number of hydrogen-bond acceptors (Lipinski definition) is 5. The average Bonchev–Trinajstić information content (AvgIpc) is 3.07. The molecule has 0 N–H and O–H groups in total. The lowest BCUT2D eigenvalue weighted by Gasteiger charge is -2.25. The van der Waals surface area contributed by atoms with Crippen LogP contribution in [0.15, 0.2) is 10.9 Å². The summed E-state index contributed by atoms with van der Waals surface area (Å²) in [5, 5.41) is 4.08. The molecule has 1 aliphatic heterocycles. The zero-order chi connectivity index (χ0) is 12.8. The zero-order valence-electron chi connectivity index (χ0n) is 11.0. The van der Waals surface area contributed by atoms with Gasteiger partial charge in [0.2, 0.25) is 5.89 Å². The topological polar surface area (TPSA) is 60.0 Å². The van der Waals surface area contributed by atoms with Crippen molar-refractivity contribution in [2.75, 3.05) is 6.54 Å². The monoisotopic (exact) mass is 259 g/mol. The third kappa shape index (κ3) is 2.06. The van der Waals surface area contributed by atoms with Gasteiger partial charge in [0.25, 0.3) is 0 Å². The maximum absolute atomic E-state index is 5.30. The van der Waals surface area contributed by atoms with E-state index in [1.165, 1.54) is 24.2 Å². The van der Waals surface area contributed by atoms with Gasteiger partial charge in [-0.05, 0) is 12.8 Å². The zero-order valence-corrected chi connectivity index (χ0v) is 11.0. The van der Waals surface area contributed by atoms with Gasteiger partial charge >= 0.3 is 0 Å². The van der Waals surface area contributed by atoms with E-state index in [4.69, 9.17) is 4.52 Å². The van der Waals surface area contributed by atoms with E-state index in [1.54, 1.807) is 0 Å². The van der Waals surface area contributed by atoms with Crippen LogP contribution >= 0.6 is 0 Å². The van der Waals surface area contributed by atoms with Gasteiger partial charge in [0.05, 0.1) is 18.6 Å². The standard InChI is InChI=1S/C13H17N5O/c1-17-8-14-10-6-18(5-4-11(10)17)7-12-15-13(19-16-12)9-2-3-9/h8-9H,2-7H2,1H3. The summed E-state index contributed by atoms with van der Waals surface area (Å²) in [7, 11) is 2.06. The van der Waals surface area contributed by atoms with Gasteiger partial charge in [0.1, 0.15) is 0 Å². The van der Waals surface area contributed by atoms with Crippen molar-refractivity contribution in [1.29, 1.82) is 0 Å². The van der Waals surface area contributed by atoms with E-state index in [-0.39, 0.29) is 0 Å². The van der Waals surface area contributed by atoms with Gasteiger partial charge in [0.15, 0.2) is 5.82 Å². The minimum absolute atomic E-state index is 0.532. The van der Waals surface area contributed by atoms with Crippen LogP contribution in [-0.2, 0) is 26.6 Å². The highest BCUT2D eigenvalue weighted by Gasteiger charge is 2.30. The Bertz CT molecular complexity index is 598. The second kappa shape index (κ2) is 4.16. The molecule has 0 atom stereocenters. The molecule has 0 radical (unpaired) electrons. The fraction of sp³-hybridized carbons (Fsp3) is 0.615. The molecule has 100 valence electrons. The first kappa shape index (κ1) is 11.2. The van der Waals surface area contributed by atoms with Gasteiger partial charge < -0.3 is 9.09 Å². The van der Waals surface area contributed by atoms with E-state index in [0.717, 1.165) is 37.8 Å². The van der Waals surface area contributed by atoms with Crippen LogP contribution in [0.4, 0.5) is 0 Å². The van der Waals surface area contributed by atoms with Crippen LogP contribution in [-0.4, -0.2) is 31.1 Å². The number of nitrogens with zero attached hydrogens (tertiary/aromatic N) is 5. The van der Waals surface area contributed by atoms with Gasteiger partial charge in [-0.1, -0.05) is 5.16 Å². The Morgan fingerprint density at radius 3 is 3.16 bits per heavy atom. The molecule has 2 aromatic heterocycles. The van der Waals surface area contributed by atoms with E-state index in [1.807, 2.05) is 6.33 Å². The third-order valence-corrected chi connectivity index (χ3v) is 3.96. The molecule has 1 saturated carbocycles. The Balaban J connectivity index is 1.45. The lowest BCUT2D eigenvalue weighted by molar-refractivity contribution is 0.230. The molecule has 1 aliphatic carbocycles. The van der Waals surface area contributed by atoms with Crippen molar-refractivity contribution in [3.8, 4) is 0 Å². The van der Waals surface area contributed by atoms with Crippen LogP contribution in [0.2, 0.25) is 0 Å². The minimum atomic E-state index is 0.532. The molecular weight excluding hydrogens is 242 g/mol. The SMILES string of the molecule is Cn1cnc2c1CCN(Cc1noc(C3CC3)n1)C2. The van der Waals surface area contributed by atoms with Crippen LogP contribution < -0.4 is 0 Å². The summed E-state index contributed by atoms with van der Waals surface area (Å²) >= 11 is 0. The molecule has 0 bridgehead atoms. The van der Waals surface area contributed by atoms with E-state index in [9.17, 15) is 0 Å². The van der Waals surface area contributed by atoms with E-state index in [2.05, 4.69) is 31.6 Å². The number of imidazole rings is 1. The number of hydrogen-bond donors (Lipinski definition) is 0. The van der Waals surface area contributed by atoms with Crippen molar-refractivity contribution in [2.24, 2.45) is 7.05 Å². The van der Waals surface area contributed by atoms with Gasteiger partial charge in [0, 0.05) is 38.2 Å². The van der Waals surface area contributed by atoms with E-state index in [0.29, 0.717) is 5.92 Å². The highest BCUT2D eigenvalue weighted by molar-refractivity contribution is 5.16. The average molecular weight is 259 g/mol. The quantitative estimate of drug-likeness (QED) is 0.830. The van der Waals surface area contributed by atoms with Gasteiger partial charge in [-0.2, -0.15) is 4.98 Å². The molecule has 0 unspecified atom stereocenters. The first-order valence-corrected chi connectivity index (χ1v) is 6.83. The maximum Gasteiger partial charge on any atom is 0.229 e. The molecule has 6 nitrogen and oxygen atoms in total. The Kier molecular flexibility index (Phi) is 2.44. The lowest BCUT2D eigenvalue weighted by atomic mass is 10.1. The minimum Gasteiger partial charge on any atom is -0.339 e. The van der Waals surface area contributed by atoms with Crippen LogP contribution in [0.1, 0.15) is 41.9 Å². The predicted octanol–water partition coefficient (Wildman–Crippen LogP) is 1.24. The van der Waals surface area contributed by atoms with E-state index < -0.39 is 0 Å². The number of aryl methyl sites for hydroxylation is 1. The van der Waals surface area contributed by atoms with Gasteiger partial charge in [-0.3, -0.25) is 4.90 Å². The molecule has 0 amide bonds.